The van der Waals surface area contributed by atoms with Gasteiger partial charge in [-0.3, -0.25) is 20.1 Å². The molecule has 1 fully saturated rings. The zero-order chi connectivity index (χ0) is 22.5. The third-order valence-corrected chi connectivity index (χ3v) is 5.10. The van der Waals surface area contributed by atoms with Crippen molar-refractivity contribution in [3.05, 3.63) is 59.6 Å². The number of ether oxygens (including phenoxy) is 1. The first kappa shape index (κ1) is 21.5. The lowest BCUT2D eigenvalue weighted by Gasteiger charge is -2.12. The lowest BCUT2D eigenvalue weighted by Crippen LogP contribution is -2.20. The summed E-state index contributed by atoms with van der Waals surface area (Å²) in [4.78, 5) is 36.2. The number of nitrogens with zero attached hydrogens (tertiary/aromatic N) is 3. The molecule has 0 unspecified atom stereocenters. The smallest absolute Gasteiger partial charge is 0.324 e. The molecule has 0 spiro atoms. The van der Waals surface area contributed by atoms with Gasteiger partial charge in [-0.2, -0.15) is 0 Å². The van der Waals surface area contributed by atoms with Crippen LogP contribution < -0.4 is 20.7 Å². The summed E-state index contributed by atoms with van der Waals surface area (Å²) in [6.07, 6.45) is 5.06. The minimum Gasteiger partial charge on any atom is -0.492 e. The first-order valence-corrected chi connectivity index (χ1v) is 10.4. The highest BCUT2D eigenvalue weighted by molar-refractivity contribution is 6.32. The fourth-order valence-corrected chi connectivity index (χ4v) is 3.39. The summed E-state index contributed by atoms with van der Waals surface area (Å²) >= 11 is 6.38. The van der Waals surface area contributed by atoms with Crippen molar-refractivity contribution in [2.75, 3.05) is 23.8 Å². The quantitative estimate of drug-likeness (QED) is 0.525. The summed E-state index contributed by atoms with van der Waals surface area (Å²) in [5.74, 6) is 0.989. The minimum absolute atomic E-state index is 0.0383. The Labute approximate surface area is 189 Å². The van der Waals surface area contributed by atoms with E-state index in [1.54, 1.807) is 36.7 Å². The largest absolute Gasteiger partial charge is 0.492 e. The van der Waals surface area contributed by atoms with Gasteiger partial charge in [-0.15, -0.1) is 0 Å². The SMILES string of the molecule is Cc1ccc(NC(=O)Nc2cncc(-c3ccc(OC[C@H]4CNC(=O)C4)c(Cl)c3)n2)cn1. The van der Waals surface area contributed by atoms with Gasteiger partial charge in [0.1, 0.15) is 5.75 Å². The molecule has 3 N–H and O–H groups in total. The lowest BCUT2D eigenvalue weighted by molar-refractivity contribution is -0.119. The Morgan fingerprint density at radius 1 is 1.22 bits per heavy atom. The summed E-state index contributed by atoms with van der Waals surface area (Å²) in [6.45, 7) is 2.88. The van der Waals surface area contributed by atoms with E-state index in [0.717, 1.165) is 11.3 Å². The van der Waals surface area contributed by atoms with Gasteiger partial charge in [0.05, 0.1) is 41.6 Å². The van der Waals surface area contributed by atoms with E-state index in [0.29, 0.717) is 41.7 Å². The number of carbonyl (C=O) groups excluding carboxylic acids is 2. The van der Waals surface area contributed by atoms with Gasteiger partial charge >= 0.3 is 6.03 Å². The van der Waals surface area contributed by atoms with Crippen LogP contribution in [-0.4, -0.2) is 40.0 Å². The topological polar surface area (TPSA) is 118 Å². The first-order valence-electron chi connectivity index (χ1n) is 9.98. The molecule has 164 valence electrons. The zero-order valence-corrected chi connectivity index (χ0v) is 18.0. The van der Waals surface area contributed by atoms with Crippen LogP contribution in [0.4, 0.5) is 16.3 Å². The molecule has 1 atom stereocenters. The van der Waals surface area contributed by atoms with Crippen molar-refractivity contribution in [2.24, 2.45) is 5.92 Å². The van der Waals surface area contributed by atoms with Crippen molar-refractivity contribution in [1.29, 1.82) is 0 Å². The Bertz CT molecular complexity index is 1140. The Hall–Kier alpha value is -3.72. The number of anilines is 2. The molecular weight excluding hydrogens is 432 g/mol. The van der Waals surface area contributed by atoms with E-state index < -0.39 is 6.03 Å². The fraction of sp³-hybridized carbons (Fsp3) is 0.227. The van der Waals surface area contributed by atoms with E-state index >= 15 is 0 Å². The molecule has 0 bridgehead atoms. The van der Waals surface area contributed by atoms with Crippen LogP contribution in [0.3, 0.4) is 0 Å². The van der Waals surface area contributed by atoms with Crippen LogP contribution in [0.2, 0.25) is 5.02 Å². The van der Waals surface area contributed by atoms with Crippen LogP contribution in [0.1, 0.15) is 12.1 Å². The van der Waals surface area contributed by atoms with E-state index in [-0.39, 0.29) is 17.6 Å². The summed E-state index contributed by atoms with van der Waals surface area (Å²) in [6, 6.07) is 8.39. The standard InChI is InChI=1S/C22H21ClN6O3/c1-13-2-4-16(9-25-13)27-22(31)29-20-11-24-10-18(28-20)15-3-5-19(17(23)7-15)32-12-14-6-21(30)26-8-14/h2-5,7,9-11,14H,6,8,12H2,1H3,(H,26,30)(H2,27,28,29,31)/t14-/m1/s1. The Morgan fingerprint density at radius 3 is 2.81 bits per heavy atom. The van der Waals surface area contributed by atoms with E-state index in [1.807, 2.05) is 13.0 Å². The number of urea groups is 1. The van der Waals surface area contributed by atoms with Crippen LogP contribution in [0.5, 0.6) is 5.75 Å². The Balaban J connectivity index is 1.39. The van der Waals surface area contributed by atoms with Crippen molar-refractivity contribution in [3.8, 4) is 17.0 Å². The summed E-state index contributed by atoms with van der Waals surface area (Å²) in [7, 11) is 0. The second-order valence-electron chi connectivity index (χ2n) is 7.39. The van der Waals surface area contributed by atoms with Crippen molar-refractivity contribution < 1.29 is 14.3 Å². The fourth-order valence-electron chi connectivity index (χ4n) is 3.15. The number of hydrogen-bond acceptors (Lipinski definition) is 6. The van der Waals surface area contributed by atoms with Crippen LogP contribution >= 0.6 is 11.6 Å². The second-order valence-corrected chi connectivity index (χ2v) is 7.79. The van der Waals surface area contributed by atoms with E-state index in [1.165, 1.54) is 6.20 Å². The molecule has 10 heteroatoms. The molecular formula is C22H21ClN6O3. The monoisotopic (exact) mass is 452 g/mol. The highest BCUT2D eigenvalue weighted by Gasteiger charge is 2.22. The molecule has 0 saturated carbocycles. The summed E-state index contributed by atoms with van der Waals surface area (Å²) in [5, 5.41) is 8.55. The highest BCUT2D eigenvalue weighted by Crippen LogP contribution is 2.30. The van der Waals surface area contributed by atoms with Gasteiger partial charge < -0.3 is 15.4 Å². The van der Waals surface area contributed by atoms with Gasteiger partial charge in [0.2, 0.25) is 5.91 Å². The normalized spacial score (nSPS) is 15.2. The molecule has 32 heavy (non-hydrogen) atoms. The third kappa shape index (κ3) is 5.50. The lowest BCUT2D eigenvalue weighted by atomic mass is 10.1. The summed E-state index contributed by atoms with van der Waals surface area (Å²) < 4.78 is 5.77. The van der Waals surface area contributed by atoms with Gasteiger partial charge in [-0.05, 0) is 37.3 Å². The number of rotatable bonds is 6. The number of amides is 3. The number of carbonyl (C=O) groups is 2. The number of nitrogens with one attached hydrogen (secondary N) is 3. The molecule has 1 saturated heterocycles. The number of aromatic nitrogens is 3. The zero-order valence-electron chi connectivity index (χ0n) is 17.3. The minimum atomic E-state index is -0.455. The molecule has 1 aromatic carbocycles. The van der Waals surface area contributed by atoms with Gasteiger partial charge in [0.15, 0.2) is 5.82 Å². The number of pyridine rings is 1. The molecule has 0 radical (unpaired) electrons. The third-order valence-electron chi connectivity index (χ3n) is 4.81. The first-order chi connectivity index (χ1) is 15.5. The Kier molecular flexibility index (Phi) is 6.46. The van der Waals surface area contributed by atoms with Crippen molar-refractivity contribution >= 4 is 35.0 Å². The molecule has 9 nitrogen and oxygen atoms in total. The molecule has 0 aliphatic carbocycles. The average molecular weight is 453 g/mol. The van der Waals surface area contributed by atoms with Crippen LogP contribution in [-0.2, 0) is 4.79 Å². The molecule has 3 amide bonds. The van der Waals surface area contributed by atoms with Crippen molar-refractivity contribution in [2.45, 2.75) is 13.3 Å². The maximum Gasteiger partial charge on any atom is 0.324 e. The molecule has 4 rings (SSSR count). The van der Waals surface area contributed by atoms with Crippen molar-refractivity contribution in [1.82, 2.24) is 20.3 Å². The molecule has 3 aromatic rings. The van der Waals surface area contributed by atoms with Crippen LogP contribution in [0.25, 0.3) is 11.3 Å². The molecule has 3 heterocycles. The van der Waals surface area contributed by atoms with Gasteiger partial charge in [-0.1, -0.05) is 11.6 Å². The van der Waals surface area contributed by atoms with Gasteiger partial charge in [-0.25, -0.2) is 9.78 Å². The molecule has 1 aliphatic rings. The van der Waals surface area contributed by atoms with E-state index in [9.17, 15) is 9.59 Å². The Morgan fingerprint density at radius 2 is 2.09 bits per heavy atom. The molecule has 2 aromatic heterocycles. The summed E-state index contributed by atoms with van der Waals surface area (Å²) in [5.41, 5.74) is 2.69. The van der Waals surface area contributed by atoms with Crippen LogP contribution in [0, 0.1) is 12.8 Å². The molecule has 1 aliphatic heterocycles. The predicted molar refractivity (Wildman–Crippen MR) is 121 cm³/mol. The van der Waals surface area contributed by atoms with Gasteiger partial charge in [0, 0.05) is 30.1 Å². The second kappa shape index (κ2) is 9.61. The van der Waals surface area contributed by atoms with E-state index in [2.05, 4.69) is 30.9 Å². The number of hydrogen-bond donors (Lipinski definition) is 3. The maximum atomic E-state index is 12.2. The number of halogens is 1. The highest BCUT2D eigenvalue weighted by atomic mass is 35.5. The maximum absolute atomic E-state index is 12.2. The van der Waals surface area contributed by atoms with Crippen LogP contribution in [0.15, 0.2) is 48.9 Å². The van der Waals surface area contributed by atoms with Crippen molar-refractivity contribution in [3.63, 3.8) is 0 Å². The van der Waals surface area contributed by atoms with E-state index in [4.69, 9.17) is 16.3 Å². The predicted octanol–water partition coefficient (Wildman–Crippen LogP) is 3.66. The number of benzene rings is 1. The average Bonchev–Trinajstić information content (AvgIpc) is 3.19. The van der Waals surface area contributed by atoms with Gasteiger partial charge in [0.25, 0.3) is 0 Å². The number of aryl methyl sites for hydroxylation is 1.